The summed E-state index contributed by atoms with van der Waals surface area (Å²) in [5.74, 6) is -0.0788. The Balaban J connectivity index is 2.16. The second-order valence-corrected chi connectivity index (χ2v) is 5.09. The lowest BCUT2D eigenvalue weighted by atomic mass is 9.95. The number of ether oxygens (including phenoxy) is 2. The van der Waals surface area contributed by atoms with Crippen molar-refractivity contribution in [2.75, 3.05) is 13.2 Å². The van der Waals surface area contributed by atoms with Gasteiger partial charge in [-0.25, -0.2) is 0 Å². The Kier molecular flexibility index (Phi) is 3.64. The zero-order valence-corrected chi connectivity index (χ0v) is 11.8. The molecule has 0 saturated carbocycles. The lowest BCUT2D eigenvalue weighted by molar-refractivity contribution is -0.139. The molecule has 1 N–H and O–H groups in total. The summed E-state index contributed by atoms with van der Waals surface area (Å²) in [6.45, 7) is 3.01. The van der Waals surface area contributed by atoms with Crippen molar-refractivity contribution in [3.05, 3.63) is 30.1 Å². The molecular weight excluding hydrogens is 270 g/mol. The standard InChI is InChI=1S/C16H17NO4/c1-2-3-11(16(18)19)15-12-9-14-13(20-6-7-21-14)8-10(12)4-5-17-15/h4-5,8-9,11H,2-3,6-7H2,1H3,(H,18,19). The molecule has 110 valence electrons. The molecule has 3 rings (SSSR count). The Hall–Kier alpha value is -2.30. The summed E-state index contributed by atoms with van der Waals surface area (Å²) in [5.41, 5.74) is 0.596. The lowest BCUT2D eigenvalue weighted by Gasteiger charge is -2.20. The quantitative estimate of drug-likeness (QED) is 0.936. The second kappa shape index (κ2) is 5.60. The van der Waals surface area contributed by atoms with E-state index in [4.69, 9.17) is 9.47 Å². The third-order valence-corrected chi connectivity index (χ3v) is 3.66. The van der Waals surface area contributed by atoms with E-state index in [0.29, 0.717) is 36.8 Å². The normalized spacial score (nSPS) is 14.9. The largest absolute Gasteiger partial charge is 0.486 e. The minimum Gasteiger partial charge on any atom is -0.486 e. The van der Waals surface area contributed by atoms with Crippen LogP contribution in [-0.2, 0) is 4.79 Å². The van der Waals surface area contributed by atoms with Gasteiger partial charge in [0.15, 0.2) is 11.5 Å². The van der Waals surface area contributed by atoms with Gasteiger partial charge < -0.3 is 14.6 Å². The highest BCUT2D eigenvalue weighted by Gasteiger charge is 2.24. The first-order valence-corrected chi connectivity index (χ1v) is 7.11. The molecule has 0 radical (unpaired) electrons. The van der Waals surface area contributed by atoms with Crippen LogP contribution in [0.2, 0.25) is 0 Å². The van der Waals surface area contributed by atoms with Crippen molar-refractivity contribution in [3.63, 3.8) is 0 Å². The number of nitrogens with zero attached hydrogens (tertiary/aromatic N) is 1. The van der Waals surface area contributed by atoms with Crippen LogP contribution in [0.5, 0.6) is 11.5 Å². The van der Waals surface area contributed by atoms with Crippen molar-refractivity contribution in [3.8, 4) is 11.5 Å². The van der Waals surface area contributed by atoms with E-state index < -0.39 is 11.9 Å². The molecule has 2 aromatic rings. The average Bonchev–Trinajstić information content (AvgIpc) is 2.50. The summed E-state index contributed by atoms with van der Waals surface area (Å²) >= 11 is 0. The van der Waals surface area contributed by atoms with Gasteiger partial charge >= 0.3 is 5.97 Å². The fourth-order valence-electron chi connectivity index (χ4n) is 2.68. The average molecular weight is 287 g/mol. The zero-order chi connectivity index (χ0) is 14.8. The summed E-state index contributed by atoms with van der Waals surface area (Å²) in [6, 6.07) is 5.60. The molecule has 5 nitrogen and oxygen atoms in total. The smallest absolute Gasteiger partial charge is 0.312 e. The number of carboxylic acid groups (broad SMARTS) is 1. The Bertz CT molecular complexity index is 683. The Morgan fingerprint density at radius 3 is 2.71 bits per heavy atom. The van der Waals surface area contributed by atoms with Gasteiger partial charge in [-0.15, -0.1) is 0 Å². The number of carbonyl (C=O) groups is 1. The molecule has 0 spiro atoms. The van der Waals surface area contributed by atoms with Crippen LogP contribution in [0.4, 0.5) is 0 Å². The van der Waals surface area contributed by atoms with E-state index in [9.17, 15) is 9.90 Å². The van der Waals surface area contributed by atoms with E-state index in [1.165, 1.54) is 0 Å². The summed E-state index contributed by atoms with van der Waals surface area (Å²) in [4.78, 5) is 15.8. The van der Waals surface area contributed by atoms with Crippen LogP contribution in [-0.4, -0.2) is 29.3 Å². The minimum atomic E-state index is -0.841. The van der Waals surface area contributed by atoms with Gasteiger partial charge in [0.05, 0.1) is 11.6 Å². The predicted octanol–water partition coefficient (Wildman–Crippen LogP) is 2.97. The van der Waals surface area contributed by atoms with Crippen LogP contribution in [0, 0.1) is 0 Å². The van der Waals surface area contributed by atoms with Crippen LogP contribution >= 0.6 is 0 Å². The number of aromatic nitrogens is 1. The summed E-state index contributed by atoms with van der Waals surface area (Å²) in [7, 11) is 0. The van der Waals surface area contributed by atoms with Gasteiger partial charge in [0, 0.05) is 11.6 Å². The van der Waals surface area contributed by atoms with E-state index in [0.717, 1.165) is 17.2 Å². The van der Waals surface area contributed by atoms with E-state index in [1.54, 1.807) is 6.20 Å². The van der Waals surface area contributed by atoms with Crippen LogP contribution in [0.3, 0.4) is 0 Å². The third-order valence-electron chi connectivity index (χ3n) is 3.66. The van der Waals surface area contributed by atoms with Crippen LogP contribution < -0.4 is 9.47 Å². The van der Waals surface area contributed by atoms with E-state index in [1.807, 2.05) is 25.1 Å². The summed E-state index contributed by atoms with van der Waals surface area (Å²) in [5, 5.41) is 11.2. The van der Waals surface area contributed by atoms with Gasteiger partial charge in [-0.2, -0.15) is 0 Å². The number of fused-ring (bicyclic) bond motifs is 2. The van der Waals surface area contributed by atoms with Gasteiger partial charge in [-0.3, -0.25) is 9.78 Å². The van der Waals surface area contributed by atoms with Crippen molar-refractivity contribution < 1.29 is 19.4 Å². The molecule has 21 heavy (non-hydrogen) atoms. The van der Waals surface area contributed by atoms with Gasteiger partial charge in [0.1, 0.15) is 13.2 Å². The summed E-state index contributed by atoms with van der Waals surface area (Å²) in [6.07, 6.45) is 3.01. The Morgan fingerprint density at radius 2 is 2.05 bits per heavy atom. The van der Waals surface area contributed by atoms with Gasteiger partial charge in [-0.1, -0.05) is 13.3 Å². The molecule has 1 aliphatic heterocycles. The van der Waals surface area contributed by atoms with Crippen molar-refractivity contribution in [2.24, 2.45) is 0 Å². The first-order valence-electron chi connectivity index (χ1n) is 7.11. The van der Waals surface area contributed by atoms with Gasteiger partial charge in [-0.05, 0) is 30.0 Å². The number of carboxylic acids is 1. The molecule has 1 aromatic carbocycles. The third kappa shape index (κ3) is 2.51. The number of benzene rings is 1. The number of aliphatic carboxylic acids is 1. The lowest BCUT2D eigenvalue weighted by Crippen LogP contribution is -2.16. The van der Waals surface area contributed by atoms with Crippen molar-refractivity contribution in [1.82, 2.24) is 4.98 Å². The number of hydrogen-bond donors (Lipinski definition) is 1. The predicted molar refractivity (Wildman–Crippen MR) is 78.0 cm³/mol. The number of rotatable bonds is 4. The monoisotopic (exact) mass is 287 g/mol. The molecule has 2 heterocycles. The van der Waals surface area contributed by atoms with Gasteiger partial charge in [0.25, 0.3) is 0 Å². The number of hydrogen-bond acceptors (Lipinski definition) is 4. The SMILES string of the molecule is CCCC(C(=O)O)c1nccc2cc3c(cc12)OCCO3. The molecule has 1 aromatic heterocycles. The molecule has 1 unspecified atom stereocenters. The molecule has 1 aliphatic rings. The molecule has 0 aliphatic carbocycles. The summed E-state index contributed by atoms with van der Waals surface area (Å²) < 4.78 is 11.2. The Labute approximate surface area is 122 Å². The first kappa shape index (κ1) is 13.7. The minimum absolute atomic E-state index is 0.505. The first-order chi connectivity index (χ1) is 10.2. The van der Waals surface area contributed by atoms with E-state index in [2.05, 4.69) is 4.98 Å². The highest BCUT2D eigenvalue weighted by Crippen LogP contribution is 2.37. The highest BCUT2D eigenvalue weighted by atomic mass is 16.6. The second-order valence-electron chi connectivity index (χ2n) is 5.09. The molecule has 0 fully saturated rings. The van der Waals surface area contributed by atoms with Crippen LogP contribution in [0.15, 0.2) is 24.4 Å². The highest BCUT2D eigenvalue weighted by molar-refractivity contribution is 5.91. The fraction of sp³-hybridized carbons (Fsp3) is 0.375. The zero-order valence-electron chi connectivity index (χ0n) is 11.8. The fourth-order valence-corrected chi connectivity index (χ4v) is 2.68. The molecule has 1 atom stereocenters. The number of pyridine rings is 1. The molecule has 0 bridgehead atoms. The maximum absolute atomic E-state index is 11.5. The van der Waals surface area contributed by atoms with E-state index >= 15 is 0 Å². The van der Waals surface area contributed by atoms with Crippen molar-refractivity contribution in [1.29, 1.82) is 0 Å². The van der Waals surface area contributed by atoms with E-state index in [-0.39, 0.29) is 0 Å². The van der Waals surface area contributed by atoms with Crippen molar-refractivity contribution >= 4 is 16.7 Å². The maximum atomic E-state index is 11.5. The van der Waals surface area contributed by atoms with Crippen LogP contribution in [0.1, 0.15) is 31.4 Å². The topological polar surface area (TPSA) is 68.7 Å². The van der Waals surface area contributed by atoms with Crippen LogP contribution in [0.25, 0.3) is 10.8 Å². The van der Waals surface area contributed by atoms with Gasteiger partial charge in [0.2, 0.25) is 0 Å². The molecule has 0 saturated heterocycles. The maximum Gasteiger partial charge on any atom is 0.312 e. The molecule has 0 amide bonds. The molecule has 5 heteroatoms. The molecular formula is C16H17NO4. The Morgan fingerprint density at radius 1 is 1.33 bits per heavy atom. The van der Waals surface area contributed by atoms with Crippen molar-refractivity contribution in [2.45, 2.75) is 25.7 Å².